The first-order valence-corrected chi connectivity index (χ1v) is 5.55. The van der Waals surface area contributed by atoms with Crippen molar-refractivity contribution in [3.63, 3.8) is 0 Å². The number of likely N-dealkylation sites (N-methyl/N-ethyl adjacent to an activating group) is 1. The van der Waals surface area contributed by atoms with Crippen molar-refractivity contribution in [1.29, 1.82) is 0 Å². The van der Waals surface area contributed by atoms with Crippen LogP contribution in [0.15, 0.2) is 28.7 Å². The van der Waals surface area contributed by atoms with Crippen LogP contribution in [0.1, 0.15) is 10.6 Å². The van der Waals surface area contributed by atoms with Gasteiger partial charge in [0.25, 0.3) is 5.91 Å². The zero-order valence-electron chi connectivity index (χ0n) is 9.53. The highest BCUT2D eigenvalue weighted by Crippen LogP contribution is 2.23. The molecule has 0 unspecified atom stereocenters. The van der Waals surface area contributed by atoms with Gasteiger partial charge in [-0.3, -0.25) is 4.79 Å². The third kappa shape index (κ3) is 2.62. The van der Waals surface area contributed by atoms with E-state index in [1.807, 2.05) is 0 Å². The smallest absolute Gasteiger partial charge is 0.374 e. The van der Waals surface area contributed by atoms with E-state index in [9.17, 15) is 9.59 Å². The number of amides is 1. The summed E-state index contributed by atoms with van der Waals surface area (Å²) in [6, 6.07) is 6.52. The second kappa shape index (κ2) is 5.10. The molecule has 0 atom stereocenters. The summed E-state index contributed by atoms with van der Waals surface area (Å²) in [6.45, 7) is -0.340. The number of halogens is 1. The second-order valence-electron chi connectivity index (χ2n) is 3.54. The van der Waals surface area contributed by atoms with Gasteiger partial charge in [0.05, 0.1) is 0 Å². The second-order valence-corrected chi connectivity index (χ2v) is 3.98. The Morgan fingerprint density at radius 2 is 2.17 bits per heavy atom. The van der Waals surface area contributed by atoms with Crippen molar-refractivity contribution in [2.24, 2.45) is 0 Å². The third-order valence-corrected chi connectivity index (χ3v) is 2.53. The Hall–Kier alpha value is -2.01. The summed E-state index contributed by atoms with van der Waals surface area (Å²) >= 11 is 5.82. The molecule has 6 heteroatoms. The molecule has 94 valence electrons. The van der Waals surface area contributed by atoms with E-state index in [1.165, 1.54) is 13.1 Å². The molecule has 1 aromatic carbocycles. The van der Waals surface area contributed by atoms with E-state index in [0.717, 1.165) is 0 Å². The van der Waals surface area contributed by atoms with E-state index in [-0.39, 0.29) is 18.3 Å². The molecule has 0 bridgehead atoms. The first-order valence-electron chi connectivity index (χ1n) is 5.17. The number of carbonyl (C=O) groups excluding carboxylic acids is 2. The normalized spacial score (nSPS) is 10.3. The van der Waals surface area contributed by atoms with E-state index < -0.39 is 5.97 Å². The van der Waals surface area contributed by atoms with Crippen molar-refractivity contribution in [3.8, 4) is 0 Å². The van der Waals surface area contributed by atoms with Gasteiger partial charge in [0, 0.05) is 17.5 Å². The average molecular weight is 268 g/mol. The highest BCUT2D eigenvalue weighted by atomic mass is 35.5. The molecule has 1 amide bonds. The number of fused-ring (bicyclic) bond motifs is 1. The summed E-state index contributed by atoms with van der Waals surface area (Å²) in [4.78, 5) is 22.5. The lowest BCUT2D eigenvalue weighted by Crippen LogP contribution is -2.24. The minimum atomic E-state index is -0.689. The predicted octanol–water partition coefficient (Wildman–Crippen LogP) is 1.99. The number of esters is 1. The standard InChI is InChI=1S/C12H10ClNO4/c1-14-11(15)6-17-12(16)10-5-7-4-8(13)2-3-9(7)18-10/h2-5H,6H2,1H3,(H,14,15). The van der Waals surface area contributed by atoms with Gasteiger partial charge in [0.1, 0.15) is 5.58 Å². The zero-order chi connectivity index (χ0) is 13.1. The van der Waals surface area contributed by atoms with Crippen LogP contribution in [0.25, 0.3) is 11.0 Å². The number of hydrogen-bond donors (Lipinski definition) is 1. The van der Waals surface area contributed by atoms with E-state index in [4.69, 9.17) is 20.8 Å². The molecule has 0 spiro atoms. The van der Waals surface area contributed by atoms with Gasteiger partial charge < -0.3 is 14.5 Å². The summed E-state index contributed by atoms with van der Waals surface area (Å²) in [5, 5.41) is 3.59. The number of furan rings is 1. The van der Waals surface area contributed by atoms with Crippen LogP contribution in [0.3, 0.4) is 0 Å². The molecular formula is C12H10ClNO4. The van der Waals surface area contributed by atoms with Crippen LogP contribution in [0.4, 0.5) is 0 Å². The van der Waals surface area contributed by atoms with Crippen molar-refractivity contribution < 1.29 is 18.7 Å². The Kier molecular flexibility index (Phi) is 3.53. The largest absolute Gasteiger partial charge is 0.450 e. The van der Waals surface area contributed by atoms with Crippen LogP contribution in [0, 0.1) is 0 Å². The van der Waals surface area contributed by atoms with Crippen LogP contribution < -0.4 is 5.32 Å². The molecule has 2 aromatic rings. The van der Waals surface area contributed by atoms with Gasteiger partial charge in [-0.2, -0.15) is 0 Å². The maximum absolute atomic E-state index is 11.6. The average Bonchev–Trinajstić information content (AvgIpc) is 2.78. The quantitative estimate of drug-likeness (QED) is 0.864. The predicted molar refractivity (Wildman–Crippen MR) is 65.6 cm³/mol. The first-order chi connectivity index (χ1) is 8.60. The zero-order valence-corrected chi connectivity index (χ0v) is 10.3. The van der Waals surface area contributed by atoms with Crippen molar-refractivity contribution in [2.75, 3.05) is 13.7 Å². The summed E-state index contributed by atoms with van der Waals surface area (Å²) < 4.78 is 10.0. The lowest BCUT2D eigenvalue weighted by atomic mass is 10.2. The molecule has 0 aliphatic heterocycles. The number of rotatable bonds is 3. The Bertz CT molecular complexity index is 605. The third-order valence-electron chi connectivity index (χ3n) is 2.29. The molecule has 0 saturated heterocycles. The number of nitrogens with one attached hydrogen (secondary N) is 1. The Labute approximate surface area is 108 Å². The molecular weight excluding hydrogens is 258 g/mol. The van der Waals surface area contributed by atoms with Crippen LogP contribution in [0.5, 0.6) is 0 Å². The molecule has 5 nitrogen and oxygen atoms in total. The van der Waals surface area contributed by atoms with Crippen molar-refractivity contribution in [1.82, 2.24) is 5.32 Å². The molecule has 1 aromatic heterocycles. The highest BCUT2D eigenvalue weighted by molar-refractivity contribution is 6.31. The molecule has 0 aliphatic carbocycles. The van der Waals surface area contributed by atoms with E-state index in [1.54, 1.807) is 18.2 Å². The highest BCUT2D eigenvalue weighted by Gasteiger charge is 2.15. The monoisotopic (exact) mass is 267 g/mol. The van der Waals surface area contributed by atoms with Gasteiger partial charge in [-0.15, -0.1) is 0 Å². The minimum absolute atomic E-state index is 0.0381. The van der Waals surface area contributed by atoms with Crippen molar-refractivity contribution in [3.05, 3.63) is 35.0 Å². The van der Waals surface area contributed by atoms with Gasteiger partial charge in [-0.25, -0.2) is 4.79 Å². The van der Waals surface area contributed by atoms with Crippen LogP contribution >= 0.6 is 11.6 Å². The summed E-state index contributed by atoms with van der Waals surface area (Å²) in [7, 11) is 1.46. The fourth-order valence-corrected chi connectivity index (χ4v) is 1.57. The van der Waals surface area contributed by atoms with Crippen molar-refractivity contribution >= 4 is 34.4 Å². The number of benzene rings is 1. The van der Waals surface area contributed by atoms with E-state index >= 15 is 0 Å². The van der Waals surface area contributed by atoms with Gasteiger partial charge >= 0.3 is 5.97 Å². The van der Waals surface area contributed by atoms with E-state index in [2.05, 4.69) is 5.32 Å². The molecule has 1 N–H and O–H groups in total. The SMILES string of the molecule is CNC(=O)COC(=O)c1cc2cc(Cl)ccc2o1. The number of ether oxygens (including phenoxy) is 1. The minimum Gasteiger partial charge on any atom is -0.450 e. The van der Waals surface area contributed by atoms with Gasteiger partial charge in [0.15, 0.2) is 6.61 Å². The molecule has 2 rings (SSSR count). The van der Waals surface area contributed by atoms with E-state index in [0.29, 0.717) is 16.0 Å². The summed E-state index contributed by atoms with van der Waals surface area (Å²) in [5.74, 6) is -1.04. The Balaban J connectivity index is 2.15. The summed E-state index contributed by atoms with van der Waals surface area (Å²) in [5.41, 5.74) is 0.534. The molecule has 18 heavy (non-hydrogen) atoms. The van der Waals surface area contributed by atoms with Crippen LogP contribution in [-0.2, 0) is 9.53 Å². The van der Waals surface area contributed by atoms with Crippen LogP contribution in [0.2, 0.25) is 5.02 Å². The number of carbonyl (C=O) groups is 2. The topological polar surface area (TPSA) is 68.5 Å². The van der Waals surface area contributed by atoms with Crippen LogP contribution in [-0.4, -0.2) is 25.5 Å². The lowest BCUT2D eigenvalue weighted by Gasteiger charge is -2.00. The molecule has 0 radical (unpaired) electrons. The first kappa shape index (κ1) is 12.4. The van der Waals surface area contributed by atoms with Gasteiger partial charge in [0.2, 0.25) is 5.76 Å². The lowest BCUT2D eigenvalue weighted by molar-refractivity contribution is -0.123. The summed E-state index contributed by atoms with van der Waals surface area (Å²) in [6.07, 6.45) is 0. The fraction of sp³-hybridized carbons (Fsp3) is 0.167. The van der Waals surface area contributed by atoms with Crippen molar-refractivity contribution in [2.45, 2.75) is 0 Å². The molecule has 0 aliphatic rings. The maximum atomic E-state index is 11.6. The maximum Gasteiger partial charge on any atom is 0.374 e. The Morgan fingerprint density at radius 1 is 1.39 bits per heavy atom. The molecule has 0 saturated carbocycles. The molecule has 1 heterocycles. The van der Waals surface area contributed by atoms with Gasteiger partial charge in [-0.1, -0.05) is 11.6 Å². The molecule has 0 fully saturated rings. The van der Waals surface area contributed by atoms with Gasteiger partial charge in [-0.05, 0) is 24.3 Å². The Morgan fingerprint density at radius 3 is 2.89 bits per heavy atom. The fourth-order valence-electron chi connectivity index (χ4n) is 1.39. The number of hydrogen-bond acceptors (Lipinski definition) is 4.